The van der Waals surface area contributed by atoms with Crippen molar-refractivity contribution in [3.8, 4) is 0 Å². The molecule has 1 N–H and O–H groups in total. The average molecular weight is 227 g/mol. The maximum Gasteiger partial charge on any atom is 0.0281 e. The zero-order valence-corrected chi connectivity index (χ0v) is 11.7. The Labute approximate surface area is 101 Å². The Morgan fingerprint density at radius 3 is 2.38 bits per heavy atom. The number of hydrogen-bond acceptors (Lipinski definition) is 3. The van der Waals surface area contributed by atoms with Crippen LogP contribution in [0.5, 0.6) is 0 Å². The quantitative estimate of drug-likeness (QED) is 0.766. The molecular weight excluding hydrogens is 198 g/mol. The van der Waals surface area contributed by atoms with Crippen molar-refractivity contribution in [2.75, 3.05) is 39.8 Å². The van der Waals surface area contributed by atoms with Gasteiger partial charge in [0.15, 0.2) is 0 Å². The second-order valence-corrected chi connectivity index (χ2v) is 5.72. The van der Waals surface area contributed by atoms with Gasteiger partial charge < -0.3 is 10.2 Å². The summed E-state index contributed by atoms with van der Waals surface area (Å²) in [6, 6.07) is 0.683. The largest absolute Gasteiger partial charge is 0.314 e. The number of nitrogens with zero attached hydrogens (tertiary/aromatic N) is 2. The first-order valence-electron chi connectivity index (χ1n) is 6.63. The molecule has 3 nitrogen and oxygen atoms in total. The highest BCUT2D eigenvalue weighted by Crippen LogP contribution is 2.17. The molecule has 0 radical (unpaired) electrons. The molecule has 96 valence electrons. The van der Waals surface area contributed by atoms with Crippen molar-refractivity contribution < 1.29 is 0 Å². The summed E-state index contributed by atoms with van der Waals surface area (Å²) in [5.74, 6) is 0. The van der Waals surface area contributed by atoms with Crippen LogP contribution >= 0.6 is 0 Å². The number of hydrogen-bond donors (Lipinski definition) is 1. The lowest BCUT2D eigenvalue weighted by Gasteiger charge is -2.44. The highest BCUT2D eigenvalue weighted by atomic mass is 15.3. The van der Waals surface area contributed by atoms with Crippen LogP contribution in [0.3, 0.4) is 0 Å². The summed E-state index contributed by atoms with van der Waals surface area (Å²) in [4.78, 5) is 5.10. The second kappa shape index (κ2) is 5.99. The normalized spacial score (nSPS) is 21.4. The molecule has 0 bridgehead atoms. The van der Waals surface area contributed by atoms with Crippen molar-refractivity contribution in [1.29, 1.82) is 0 Å². The molecule has 1 saturated heterocycles. The number of piperazine rings is 1. The van der Waals surface area contributed by atoms with Gasteiger partial charge in [-0.1, -0.05) is 6.92 Å². The van der Waals surface area contributed by atoms with Crippen molar-refractivity contribution in [2.45, 2.75) is 45.7 Å². The smallest absolute Gasteiger partial charge is 0.0281 e. The molecule has 3 heteroatoms. The minimum absolute atomic E-state index is 0.292. The summed E-state index contributed by atoms with van der Waals surface area (Å²) >= 11 is 0. The van der Waals surface area contributed by atoms with E-state index in [1.165, 1.54) is 19.5 Å². The molecule has 16 heavy (non-hydrogen) atoms. The Kier molecular flexibility index (Phi) is 5.22. The zero-order valence-electron chi connectivity index (χ0n) is 11.7. The fourth-order valence-electron chi connectivity index (χ4n) is 2.45. The van der Waals surface area contributed by atoms with Crippen LogP contribution in [0.25, 0.3) is 0 Å². The predicted octanol–water partition coefficient (Wildman–Crippen LogP) is 1.40. The maximum atomic E-state index is 3.42. The van der Waals surface area contributed by atoms with E-state index in [1.807, 2.05) is 0 Å². The van der Waals surface area contributed by atoms with Gasteiger partial charge in [0.05, 0.1) is 0 Å². The lowest BCUT2D eigenvalue weighted by molar-refractivity contribution is 0.0598. The first-order valence-corrected chi connectivity index (χ1v) is 6.63. The van der Waals surface area contributed by atoms with E-state index < -0.39 is 0 Å². The molecule has 0 aliphatic carbocycles. The standard InChI is InChI=1S/C13H29N3/c1-6-12(2)15(5)11-13(3,4)16-9-7-14-8-10-16/h12,14H,6-11H2,1-5H3. The molecule has 0 spiro atoms. The molecule has 0 aromatic carbocycles. The first kappa shape index (κ1) is 13.9. The molecule has 0 saturated carbocycles. The van der Waals surface area contributed by atoms with Crippen LogP contribution in [0.4, 0.5) is 0 Å². The lowest BCUT2D eigenvalue weighted by atomic mass is 10.00. The van der Waals surface area contributed by atoms with Gasteiger partial charge in [0.2, 0.25) is 0 Å². The van der Waals surface area contributed by atoms with Gasteiger partial charge in [-0.15, -0.1) is 0 Å². The Morgan fingerprint density at radius 1 is 1.31 bits per heavy atom. The molecule has 1 rings (SSSR count). The Bertz CT molecular complexity index is 197. The average Bonchev–Trinajstić information content (AvgIpc) is 2.28. The molecule has 1 fully saturated rings. The minimum atomic E-state index is 0.292. The van der Waals surface area contributed by atoms with Crippen molar-refractivity contribution in [1.82, 2.24) is 15.1 Å². The second-order valence-electron chi connectivity index (χ2n) is 5.72. The molecule has 1 atom stereocenters. The van der Waals surface area contributed by atoms with Crippen LogP contribution < -0.4 is 5.32 Å². The molecule has 1 aliphatic heterocycles. The number of rotatable bonds is 5. The van der Waals surface area contributed by atoms with Crippen LogP contribution in [0.15, 0.2) is 0 Å². The zero-order chi connectivity index (χ0) is 12.2. The molecule has 0 aromatic rings. The van der Waals surface area contributed by atoms with Crippen molar-refractivity contribution >= 4 is 0 Å². The van der Waals surface area contributed by atoms with Crippen LogP contribution in [0, 0.1) is 0 Å². The summed E-state index contributed by atoms with van der Waals surface area (Å²) in [7, 11) is 2.25. The third kappa shape index (κ3) is 3.72. The highest BCUT2D eigenvalue weighted by molar-refractivity contribution is 4.87. The van der Waals surface area contributed by atoms with Crippen molar-refractivity contribution in [3.05, 3.63) is 0 Å². The number of likely N-dealkylation sites (N-methyl/N-ethyl adjacent to an activating group) is 1. The first-order chi connectivity index (χ1) is 7.47. The molecule has 0 amide bonds. The third-order valence-electron chi connectivity index (χ3n) is 3.95. The van der Waals surface area contributed by atoms with E-state index in [9.17, 15) is 0 Å². The predicted molar refractivity (Wildman–Crippen MR) is 70.9 cm³/mol. The van der Waals surface area contributed by atoms with E-state index in [-0.39, 0.29) is 0 Å². The topological polar surface area (TPSA) is 18.5 Å². The van der Waals surface area contributed by atoms with Gasteiger partial charge in [-0.3, -0.25) is 4.90 Å². The van der Waals surface area contributed by atoms with E-state index >= 15 is 0 Å². The molecule has 0 aromatic heterocycles. The summed E-state index contributed by atoms with van der Waals surface area (Å²) < 4.78 is 0. The summed E-state index contributed by atoms with van der Waals surface area (Å²) in [5, 5.41) is 3.42. The van der Waals surface area contributed by atoms with E-state index in [0.29, 0.717) is 11.6 Å². The SMILES string of the molecule is CCC(C)N(C)CC(C)(C)N1CCNCC1. The molecular formula is C13H29N3. The summed E-state index contributed by atoms with van der Waals surface area (Å²) in [5.41, 5.74) is 0.292. The van der Waals surface area contributed by atoms with Gasteiger partial charge in [-0.25, -0.2) is 0 Å². The third-order valence-corrected chi connectivity index (χ3v) is 3.95. The number of nitrogens with one attached hydrogen (secondary N) is 1. The molecule has 1 heterocycles. The maximum absolute atomic E-state index is 3.42. The fraction of sp³-hybridized carbons (Fsp3) is 1.00. The lowest BCUT2D eigenvalue weighted by Crippen LogP contribution is -2.58. The molecule has 1 unspecified atom stereocenters. The van der Waals surface area contributed by atoms with Crippen LogP contribution in [0.1, 0.15) is 34.1 Å². The van der Waals surface area contributed by atoms with E-state index in [1.54, 1.807) is 0 Å². The summed E-state index contributed by atoms with van der Waals surface area (Å²) in [6.07, 6.45) is 1.23. The van der Waals surface area contributed by atoms with E-state index in [0.717, 1.165) is 19.6 Å². The Balaban J connectivity index is 2.48. The van der Waals surface area contributed by atoms with Gasteiger partial charge in [-0.05, 0) is 34.2 Å². The Morgan fingerprint density at radius 2 is 1.88 bits per heavy atom. The van der Waals surface area contributed by atoms with Gasteiger partial charge in [0.1, 0.15) is 0 Å². The summed E-state index contributed by atoms with van der Waals surface area (Å²) in [6.45, 7) is 15.1. The van der Waals surface area contributed by atoms with Gasteiger partial charge in [0, 0.05) is 44.3 Å². The van der Waals surface area contributed by atoms with Gasteiger partial charge >= 0.3 is 0 Å². The Hall–Kier alpha value is -0.120. The van der Waals surface area contributed by atoms with Crippen LogP contribution in [-0.4, -0.2) is 61.2 Å². The minimum Gasteiger partial charge on any atom is -0.314 e. The van der Waals surface area contributed by atoms with E-state index in [2.05, 4.69) is 49.9 Å². The monoisotopic (exact) mass is 227 g/mol. The van der Waals surface area contributed by atoms with E-state index in [4.69, 9.17) is 0 Å². The van der Waals surface area contributed by atoms with Crippen molar-refractivity contribution in [2.24, 2.45) is 0 Å². The van der Waals surface area contributed by atoms with Gasteiger partial charge in [0.25, 0.3) is 0 Å². The van der Waals surface area contributed by atoms with Crippen LogP contribution in [0.2, 0.25) is 0 Å². The van der Waals surface area contributed by atoms with Crippen molar-refractivity contribution in [3.63, 3.8) is 0 Å². The van der Waals surface area contributed by atoms with Gasteiger partial charge in [-0.2, -0.15) is 0 Å². The van der Waals surface area contributed by atoms with Crippen LogP contribution in [-0.2, 0) is 0 Å². The fourth-order valence-corrected chi connectivity index (χ4v) is 2.45. The highest BCUT2D eigenvalue weighted by Gasteiger charge is 2.29. The molecule has 1 aliphatic rings.